The summed E-state index contributed by atoms with van der Waals surface area (Å²) in [5.74, 6) is 0. The predicted octanol–water partition coefficient (Wildman–Crippen LogP) is 3.21. The molecule has 0 aliphatic carbocycles. The number of halogens is 2. The predicted molar refractivity (Wildman–Crippen MR) is 78.0 cm³/mol. The highest BCUT2D eigenvalue weighted by Crippen LogP contribution is 2.27. The van der Waals surface area contributed by atoms with Gasteiger partial charge in [-0.1, -0.05) is 24.3 Å². The van der Waals surface area contributed by atoms with Gasteiger partial charge in [-0.15, -0.1) is 0 Å². The fourth-order valence-electron chi connectivity index (χ4n) is 1.65. The Bertz CT molecular complexity index is 785. The summed E-state index contributed by atoms with van der Waals surface area (Å²) in [6, 6.07) is 11.8. The molecule has 0 saturated carbocycles. The number of rotatable bonds is 3. The molecule has 0 atom stereocenters. The number of hydrogen-bond donors (Lipinski definition) is 0. The van der Waals surface area contributed by atoms with E-state index in [-0.39, 0.29) is 9.79 Å². The zero-order chi connectivity index (χ0) is 15.0. The molecule has 20 heavy (non-hydrogen) atoms. The second-order valence-electron chi connectivity index (χ2n) is 3.93. The van der Waals surface area contributed by atoms with Crippen LogP contribution in [0.25, 0.3) is 11.1 Å². The van der Waals surface area contributed by atoms with E-state index in [9.17, 15) is 16.8 Å². The van der Waals surface area contributed by atoms with Crippen LogP contribution < -0.4 is 0 Å². The van der Waals surface area contributed by atoms with Crippen LogP contribution in [0, 0.1) is 0 Å². The van der Waals surface area contributed by atoms with Gasteiger partial charge in [0.25, 0.3) is 18.1 Å². The first-order valence-electron chi connectivity index (χ1n) is 5.28. The lowest BCUT2D eigenvalue weighted by Crippen LogP contribution is -1.93. The van der Waals surface area contributed by atoms with Gasteiger partial charge in [-0.3, -0.25) is 0 Å². The minimum absolute atomic E-state index is 0.0594. The Balaban J connectivity index is 2.58. The molecule has 0 fully saturated rings. The highest BCUT2D eigenvalue weighted by molar-refractivity contribution is 8.14. The first kappa shape index (κ1) is 15.3. The van der Waals surface area contributed by atoms with Gasteiger partial charge in [0.1, 0.15) is 0 Å². The van der Waals surface area contributed by atoms with E-state index in [4.69, 9.17) is 21.4 Å². The lowest BCUT2D eigenvalue weighted by Gasteiger charge is -2.05. The minimum Gasteiger partial charge on any atom is -0.207 e. The van der Waals surface area contributed by atoms with E-state index in [1.165, 1.54) is 36.4 Å². The first-order chi connectivity index (χ1) is 9.18. The topological polar surface area (TPSA) is 68.3 Å². The van der Waals surface area contributed by atoms with Crippen molar-refractivity contribution in [2.45, 2.75) is 9.79 Å². The molecule has 106 valence electrons. The maximum Gasteiger partial charge on any atom is 0.261 e. The van der Waals surface area contributed by atoms with E-state index in [2.05, 4.69) is 0 Å². The summed E-state index contributed by atoms with van der Waals surface area (Å²) in [7, 11) is 2.87. The zero-order valence-electron chi connectivity index (χ0n) is 9.82. The van der Waals surface area contributed by atoms with E-state index >= 15 is 0 Å². The summed E-state index contributed by atoms with van der Waals surface area (Å²) in [5.41, 5.74) is 1.04. The maximum absolute atomic E-state index is 11.3. The molecular weight excluding hydrogens is 343 g/mol. The summed E-state index contributed by atoms with van der Waals surface area (Å²) in [5, 5.41) is 0. The Morgan fingerprint density at radius 3 is 1.30 bits per heavy atom. The normalized spacial score (nSPS) is 12.3. The fraction of sp³-hybridized carbons (Fsp3) is 0. The van der Waals surface area contributed by atoms with Crippen LogP contribution >= 0.6 is 21.4 Å². The maximum atomic E-state index is 11.3. The molecule has 0 saturated heterocycles. The molecule has 0 amide bonds. The van der Waals surface area contributed by atoms with Crippen molar-refractivity contribution in [3.05, 3.63) is 48.5 Å². The molecule has 0 N–H and O–H groups in total. The van der Waals surface area contributed by atoms with Crippen LogP contribution in [0.4, 0.5) is 0 Å². The third kappa shape index (κ3) is 3.52. The van der Waals surface area contributed by atoms with Crippen LogP contribution in [-0.2, 0) is 18.1 Å². The monoisotopic (exact) mass is 350 g/mol. The van der Waals surface area contributed by atoms with Crippen LogP contribution in [0.1, 0.15) is 0 Å². The Hall–Kier alpha value is -1.08. The van der Waals surface area contributed by atoms with Crippen molar-refractivity contribution in [3.63, 3.8) is 0 Å². The van der Waals surface area contributed by atoms with Gasteiger partial charge in [0, 0.05) is 21.4 Å². The van der Waals surface area contributed by atoms with Crippen LogP contribution in [0.5, 0.6) is 0 Å². The molecule has 0 aliphatic rings. The highest BCUT2D eigenvalue weighted by Gasteiger charge is 2.13. The van der Waals surface area contributed by atoms with Gasteiger partial charge in [0.05, 0.1) is 9.79 Å². The van der Waals surface area contributed by atoms with Gasteiger partial charge in [0.2, 0.25) is 0 Å². The molecule has 8 heteroatoms. The van der Waals surface area contributed by atoms with Crippen LogP contribution in [0.2, 0.25) is 0 Å². The SMILES string of the molecule is O=S(=O)(Cl)c1cccc(-c2cccc(S(=O)(=O)Cl)c2)c1. The van der Waals surface area contributed by atoms with Gasteiger partial charge in [-0.25, -0.2) is 16.8 Å². The van der Waals surface area contributed by atoms with Crippen molar-refractivity contribution < 1.29 is 16.8 Å². The van der Waals surface area contributed by atoms with E-state index in [1.807, 2.05) is 0 Å². The van der Waals surface area contributed by atoms with Crippen LogP contribution in [-0.4, -0.2) is 16.8 Å². The summed E-state index contributed by atoms with van der Waals surface area (Å²) in [6.45, 7) is 0. The Morgan fingerprint density at radius 1 is 0.650 bits per heavy atom. The molecule has 0 heterocycles. The molecule has 2 aromatic carbocycles. The van der Waals surface area contributed by atoms with E-state index in [0.29, 0.717) is 11.1 Å². The second kappa shape index (κ2) is 5.37. The average Bonchev–Trinajstić information content (AvgIpc) is 2.37. The fourth-order valence-corrected chi connectivity index (χ4v) is 3.25. The molecule has 0 bridgehead atoms. The van der Waals surface area contributed by atoms with E-state index in [1.54, 1.807) is 12.1 Å². The minimum atomic E-state index is -3.84. The van der Waals surface area contributed by atoms with Gasteiger partial charge in [-0.2, -0.15) is 0 Å². The summed E-state index contributed by atoms with van der Waals surface area (Å²) in [6.07, 6.45) is 0. The molecule has 2 rings (SSSR count). The first-order valence-corrected chi connectivity index (χ1v) is 9.89. The van der Waals surface area contributed by atoms with Gasteiger partial charge in [-0.05, 0) is 35.4 Å². The molecule has 0 aliphatic heterocycles. The highest BCUT2D eigenvalue weighted by atomic mass is 35.7. The smallest absolute Gasteiger partial charge is 0.207 e. The molecule has 0 unspecified atom stereocenters. The van der Waals surface area contributed by atoms with Crippen LogP contribution in [0.3, 0.4) is 0 Å². The van der Waals surface area contributed by atoms with Crippen molar-refractivity contribution in [2.75, 3.05) is 0 Å². The molecular formula is C12H8Cl2O4S2. The van der Waals surface area contributed by atoms with Gasteiger partial charge in [0.15, 0.2) is 0 Å². The Kier molecular flexibility index (Phi) is 4.11. The van der Waals surface area contributed by atoms with Gasteiger partial charge < -0.3 is 0 Å². The van der Waals surface area contributed by atoms with Crippen molar-refractivity contribution in [2.24, 2.45) is 0 Å². The zero-order valence-corrected chi connectivity index (χ0v) is 13.0. The number of hydrogen-bond acceptors (Lipinski definition) is 4. The molecule has 0 spiro atoms. The summed E-state index contributed by atoms with van der Waals surface area (Å²) in [4.78, 5) is -0.119. The lowest BCUT2D eigenvalue weighted by molar-refractivity contribution is 0.608. The van der Waals surface area contributed by atoms with Crippen molar-refractivity contribution >= 4 is 39.5 Å². The van der Waals surface area contributed by atoms with Crippen molar-refractivity contribution in [3.8, 4) is 11.1 Å². The second-order valence-corrected chi connectivity index (χ2v) is 9.06. The average molecular weight is 351 g/mol. The standard InChI is InChI=1S/C12H8Cl2O4S2/c13-19(15,16)11-5-1-3-9(7-11)10-4-2-6-12(8-10)20(14,17)18/h1-8H. The molecule has 0 radical (unpaired) electrons. The molecule has 4 nitrogen and oxygen atoms in total. The van der Waals surface area contributed by atoms with Crippen molar-refractivity contribution in [1.82, 2.24) is 0 Å². The van der Waals surface area contributed by atoms with E-state index < -0.39 is 18.1 Å². The molecule has 2 aromatic rings. The lowest BCUT2D eigenvalue weighted by atomic mass is 10.1. The van der Waals surface area contributed by atoms with Gasteiger partial charge >= 0.3 is 0 Å². The Labute approximate surface area is 125 Å². The third-order valence-electron chi connectivity index (χ3n) is 2.56. The van der Waals surface area contributed by atoms with E-state index in [0.717, 1.165) is 0 Å². The quantitative estimate of drug-likeness (QED) is 0.797. The molecule has 0 aromatic heterocycles. The summed E-state index contributed by atoms with van der Waals surface area (Å²) < 4.78 is 45.2. The third-order valence-corrected chi connectivity index (χ3v) is 5.27. The largest absolute Gasteiger partial charge is 0.261 e. The van der Waals surface area contributed by atoms with Crippen molar-refractivity contribution in [1.29, 1.82) is 0 Å². The summed E-state index contributed by atoms with van der Waals surface area (Å²) >= 11 is 0. The van der Waals surface area contributed by atoms with Crippen LogP contribution in [0.15, 0.2) is 58.3 Å². The Morgan fingerprint density at radius 2 is 1.00 bits per heavy atom. The number of benzene rings is 2.